The summed E-state index contributed by atoms with van der Waals surface area (Å²) in [5, 5.41) is 3.35. The highest BCUT2D eigenvalue weighted by atomic mass is 16.3. The van der Waals surface area contributed by atoms with Crippen LogP contribution in [0.4, 0.5) is 0 Å². The molecule has 0 bridgehead atoms. The molecule has 1 aromatic carbocycles. The number of aryl methyl sites for hydroxylation is 2. The van der Waals surface area contributed by atoms with Crippen LogP contribution >= 0.6 is 0 Å². The molecule has 3 heterocycles. The molecule has 0 spiro atoms. The molecule has 6 heteroatoms. The SMILES string of the molecule is Cc1cc2c(cc3n2C[C@](C)(C(=O)NC2CCCCCC2)N([C@H](C)CCc2ccccc2)C3=O)o1. The van der Waals surface area contributed by atoms with Crippen LogP contribution in [0.1, 0.15) is 80.6 Å². The van der Waals surface area contributed by atoms with Gasteiger partial charge in [-0.1, -0.05) is 56.0 Å². The third-order valence-corrected chi connectivity index (χ3v) is 7.96. The molecule has 0 radical (unpaired) electrons. The first-order chi connectivity index (χ1) is 16.9. The molecule has 2 aliphatic rings. The molecule has 1 aliphatic carbocycles. The predicted molar refractivity (Wildman–Crippen MR) is 137 cm³/mol. The van der Waals surface area contributed by atoms with Crippen molar-refractivity contribution in [3.63, 3.8) is 0 Å². The molecule has 186 valence electrons. The summed E-state index contributed by atoms with van der Waals surface area (Å²) in [6, 6.07) is 14.2. The Hall–Kier alpha value is -3.02. The molecule has 6 nitrogen and oxygen atoms in total. The highest BCUT2D eigenvalue weighted by Crippen LogP contribution is 2.36. The second-order valence-electron chi connectivity index (χ2n) is 10.7. The molecule has 0 unspecified atom stereocenters. The van der Waals surface area contributed by atoms with E-state index in [0.29, 0.717) is 17.8 Å². The number of aromatic nitrogens is 1. The summed E-state index contributed by atoms with van der Waals surface area (Å²) in [5.74, 6) is 0.664. The second-order valence-corrected chi connectivity index (χ2v) is 10.7. The highest BCUT2D eigenvalue weighted by molar-refractivity contribution is 6.03. The van der Waals surface area contributed by atoms with Crippen molar-refractivity contribution in [2.24, 2.45) is 0 Å². The number of carbonyl (C=O) groups is 2. The van der Waals surface area contributed by atoms with Gasteiger partial charge in [0.05, 0.1) is 12.1 Å². The Bertz CT molecular complexity index is 1200. The average Bonchev–Trinajstić information content (AvgIpc) is 3.23. The molecule has 35 heavy (non-hydrogen) atoms. The van der Waals surface area contributed by atoms with Crippen LogP contribution in [0.5, 0.6) is 0 Å². The summed E-state index contributed by atoms with van der Waals surface area (Å²) < 4.78 is 7.83. The molecule has 5 rings (SSSR count). The molecule has 2 amide bonds. The van der Waals surface area contributed by atoms with Gasteiger partial charge < -0.3 is 19.2 Å². The van der Waals surface area contributed by atoms with E-state index in [0.717, 1.165) is 49.8 Å². The number of benzene rings is 1. The summed E-state index contributed by atoms with van der Waals surface area (Å²) in [6.45, 7) is 6.35. The van der Waals surface area contributed by atoms with Crippen molar-refractivity contribution < 1.29 is 14.0 Å². The molecule has 2 atom stereocenters. The predicted octanol–water partition coefficient (Wildman–Crippen LogP) is 5.62. The van der Waals surface area contributed by atoms with Crippen molar-refractivity contribution >= 4 is 22.9 Å². The zero-order chi connectivity index (χ0) is 24.6. The van der Waals surface area contributed by atoms with E-state index in [1.807, 2.05) is 53.6 Å². The Morgan fingerprint density at radius 2 is 1.86 bits per heavy atom. The lowest BCUT2D eigenvalue weighted by atomic mass is 9.90. The van der Waals surface area contributed by atoms with E-state index in [2.05, 4.69) is 24.4 Å². The zero-order valence-electron chi connectivity index (χ0n) is 21.2. The third-order valence-electron chi connectivity index (χ3n) is 7.96. The maximum atomic E-state index is 14.0. The summed E-state index contributed by atoms with van der Waals surface area (Å²) in [6.07, 6.45) is 8.43. The number of carbonyl (C=O) groups excluding carboxylic acids is 2. The van der Waals surface area contributed by atoms with Crippen molar-refractivity contribution in [1.82, 2.24) is 14.8 Å². The van der Waals surface area contributed by atoms with Gasteiger partial charge in [0.2, 0.25) is 5.91 Å². The number of rotatable bonds is 6. The first kappa shape index (κ1) is 23.7. The van der Waals surface area contributed by atoms with Crippen molar-refractivity contribution in [3.05, 3.63) is 59.5 Å². The minimum atomic E-state index is -0.983. The van der Waals surface area contributed by atoms with E-state index in [9.17, 15) is 9.59 Å². The van der Waals surface area contributed by atoms with Crippen molar-refractivity contribution in [2.45, 2.75) is 96.3 Å². The fourth-order valence-corrected chi connectivity index (χ4v) is 6.03. The molecule has 0 saturated heterocycles. The fourth-order valence-electron chi connectivity index (χ4n) is 6.03. The molecule has 1 N–H and O–H groups in total. The van der Waals surface area contributed by atoms with E-state index in [1.54, 1.807) is 0 Å². The lowest BCUT2D eigenvalue weighted by Gasteiger charge is -2.47. The molecule has 2 aromatic heterocycles. The Kier molecular flexibility index (Phi) is 6.47. The summed E-state index contributed by atoms with van der Waals surface area (Å²) in [4.78, 5) is 29.8. The second kappa shape index (κ2) is 9.56. The van der Waals surface area contributed by atoms with Crippen LogP contribution in [0.25, 0.3) is 11.1 Å². The van der Waals surface area contributed by atoms with Gasteiger partial charge in [0.25, 0.3) is 5.91 Å². The van der Waals surface area contributed by atoms with Gasteiger partial charge in [0.1, 0.15) is 17.0 Å². The highest BCUT2D eigenvalue weighted by Gasteiger charge is 2.50. The Morgan fingerprint density at radius 3 is 2.57 bits per heavy atom. The largest absolute Gasteiger partial charge is 0.460 e. The lowest BCUT2D eigenvalue weighted by Crippen LogP contribution is -2.67. The number of hydrogen-bond acceptors (Lipinski definition) is 3. The van der Waals surface area contributed by atoms with Gasteiger partial charge >= 0.3 is 0 Å². The lowest BCUT2D eigenvalue weighted by molar-refractivity contribution is -0.135. The molecular formula is C29H37N3O3. The smallest absolute Gasteiger partial charge is 0.271 e. The maximum Gasteiger partial charge on any atom is 0.271 e. The molecular weight excluding hydrogens is 438 g/mol. The van der Waals surface area contributed by atoms with E-state index < -0.39 is 5.54 Å². The fraction of sp³-hybridized carbons (Fsp3) is 0.517. The van der Waals surface area contributed by atoms with Crippen molar-refractivity contribution in [1.29, 1.82) is 0 Å². The third kappa shape index (κ3) is 4.51. The minimum Gasteiger partial charge on any atom is -0.460 e. The summed E-state index contributed by atoms with van der Waals surface area (Å²) in [7, 11) is 0. The molecule has 1 saturated carbocycles. The van der Waals surface area contributed by atoms with Gasteiger partial charge in [0, 0.05) is 24.2 Å². The number of fused-ring (bicyclic) bond motifs is 3. The van der Waals surface area contributed by atoms with Gasteiger partial charge in [-0.15, -0.1) is 0 Å². The number of nitrogens with one attached hydrogen (secondary N) is 1. The van der Waals surface area contributed by atoms with E-state index in [4.69, 9.17) is 4.42 Å². The molecule has 1 fully saturated rings. The standard InChI is InChI=1S/C29H37N3O3/c1-20(15-16-22-11-7-6-8-12-22)32-27(33)25-18-26-24(17-21(2)35-26)31(25)19-29(32,3)28(34)30-23-13-9-4-5-10-14-23/h6-8,11-12,17-18,20,23H,4-5,9-10,13-16,19H2,1-3H3,(H,30,34)/t20-,29-/m1/s1. The monoisotopic (exact) mass is 475 g/mol. The van der Waals surface area contributed by atoms with E-state index in [-0.39, 0.29) is 23.9 Å². The van der Waals surface area contributed by atoms with Crippen molar-refractivity contribution in [2.75, 3.05) is 0 Å². The Morgan fingerprint density at radius 1 is 1.14 bits per heavy atom. The quantitative estimate of drug-likeness (QED) is 0.471. The topological polar surface area (TPSA) is 67.5 Å². The first-order valence-corrected chi connectivity index (χ1v) is 13.1. The minimum absolute atomic E-state index is 0.0444. The van der Waals surface area contributed by atoms with Gasteiger partial charge in [0.15, 0.2) is 5.58 Å². The maximum absolute atomic E-state index is 14.0. The number of nitrogens with zero attached hydrogens (tertiary/aromatic N) is 2. The normalized spacial score (nSPS) is 22.1. The van der Waals surface area contributed by atoms with Crippen LogP contribution < -0.4 is 5.32 Å². The summed E-state index contributed by atoms with van der Waals surface area (Å²) >= 11 is 0. The van der Waals surface area contributed by atoms with Crippen LogP contribution in [0, 0.1) is 6.92 Å². The molecule has 3 aromatic rings. The van der Waals surface area contributed by atoms with E-state index in [1.165, 1.54) is 18.4 Å². The van der Waals surface area contributed by atoms with Crippen LogP contribution in [0.3, 0.4) is 0 Å². The van der Waals surface area contributed by atoms with Crippen molar-refractivity contribution in [3.8, 4) is 0 Å². The Balaban J connectivity index is 1.47. The van der Waals surface area contributed by atoms with Gasteiger partial charge in [-0.25, -0.2) is 0 Å². The van der Waals surface area contributed by atoms with E-state index >= 15 is 0 Å². The molecule has 1 aliphatic heterocycles. The van der Waals surface area contributed by atoms with Crippen LogP contribution in [-0.2, 0) is 17.8 Å². The van der Waals surface area contributed by atoms with Gasteiger partial charge in [-0.2, -0.15) is 0 Å². The zero-order valence-corrected chi connectivity index (χ0v) is 21.2. The average molecular weight is 476 g/mol. The van der Waals surface area contributed by atoms with Gasteiger partial charge in [-0.3, -0.25) is 9.59 Å². The Labute approximate surface area is 207 Å². The number of amides is 2. The summed E-state index contributed by atoms with van der Waals surface area (Å²) in [5.41, 5.74) is 2.45. The van der Waals surface area contributed by atoms with Crippen LogP contribution in [0.2, 0.25) is 0 Å². The van der Waals surface area contributed by atoms with Crippen LogP contribution in [-0.4, -0.2) is 38.9 Å². The number of hydrogen-bond donors (Lipinski definition) is 1. The van der Waals surface area contributed by atoms with Gasteiger partial charge in [-0.05, 0) is 52.0 Å². The number of furan rings is 1. The first-order valence-electron chi connectivity index (χ1n) is 13.1. The van der Waals surface area contributed by atoms with Crippen LogP contribution in [0.15, 0.2) is 46.9 Å².